The number of benzene rings is 1. The van der Waals surface area contributed by atoms with Crippen LogP contribution in [0, 0.1) is 0 Å². The van der Waals surface area contributed by atoms with Gasteiger partial charge >= 0.3 is 0 Å². The van der Waals surface area contributed by atoms with Crippen LogP contribution in [0.4, 0.5) is 0 Å². The Morgan fingerprint density at radius 3 is 2.62 bits per heavy atom. The average molecular weight is 433 g/mol. The summed E-state index contributed by atoms with van der Waals surface area (Å²) in [5.74, 6) is 0.892. The Morgan fingerprint density at radius 1 is 1.29 bits per heavy atom. The highest BCUT2D eigenvalue weighted by atomic mass is 79.9. The van der Waals surface area contributed by atoms with E-state index in [1.54, 1.807) is 4.90 Å². The van der Waals surface area contributed by atoms with Crippen molar-refractivity contribution in [2.75, 3.05) is 20.2 Å². The molecule has 0 N–H and O–H groups in total. The van der Waals surface area contributed by atoms with Crippen LogP contribution >= 0.6 is 43.2 Å². The summed E-state index contributed by atoms with van der Waals surface area (Å²) >= 11 is 8.23. The molecule has 3 nitrogen and oxygen atoms in total. The molecule has 0 spiro atoms. The Hall–Kier alpha value is -0.850. The third kappa shape index (κ3) is 4.83. The lowest BCUT2D eigenvalue weighted by molar-refractivity contribution is 0.0792. The molecule has 6 heteroatoms. The molecule has 2 aromatic rings. The fourth-order valence-corrected chi connectivity index (χ4v) is 3.78. The summed E-state index contributed by atoms with van der Waals surface area (Å²) < 4.78 is 7.47. The van der Waals surface area contributed by atoms with Gasteiger partial charge in [-0.2, -0.15) is 0 Å². The highest BCUT2D eigenvalue weighted by Crippen LogP contribution is 2.32. The Labute approximate surface area is 145 Å². The Kier molecular flexibility index (Phi) is 6.26. The van der Waals surface area contributed by atoms with E-state index < -0.39 is 0 Å². The van der Waals surface area contributed by atoms with Crippen LogP contribution in [-0.2, 0) is 0 Å². The number of rotatable bonds is 6. The molecule has 0 bridgehead atoms. The van der Waals surface area contributed by atoms with E-state index in [1.807, 2.05) is 43.4 Å². The summed E-state index contributed by atoms with van der Waals surface area (Å²) in [7, 11) is 1.81. The number of nitrogens with zero attached hydrogens (tertiary/aromatic N) is 1. The van der Waals surface area contributed by atoms with Gasteiger partial charge in [-0.3, -0.25) is 4.79 Å². The smallest absolute Gasteiger partial charge is 0.263 e. The number of para-hydroxylation sites is 1. The van der Waals surface area contributed by atoms with Gasteiger partial charge in [0.1, 0.15) is 5.75 Å². The lowest BCUT2D eigenvalue weighted by atomic mass is 10.3. The van der Waals surface area contributed by atoms with E-state index in [0.717, 1.165) is 25.3 Å². The van der Waals surface area contributed by atoms with Crippen molar-refractivity contribution in [3.63, 3.8) is 0 Å². The van der Waals surface area contributed by atoms with Crippen molar-refractivity contribution < 1.29 is 9.53 Å². The molecule has 1 aromatic carbocycles. The number of halogens is 2. The number of ether oxygens (including phenoxy) is 1. The number of thiophene rings is 1. The first-order chi connectivity index (χ1) is 10.1. The van der Waals surface area contributed by atoms with Crippen molar-refractivity contribution in [3.8, 4) is 5.75 Å². The molecule has 1 heterocycles. The largest absolute Gasteiger partial charge is 0.494 e. The molecule has 0 aliphatic rings. The van der Waals surface area contributed by atoms with E-state index in [1.165, 1.54) is 11.3 Å². The van der Waals surface area contributed by atoms with Crippen molar-refractivity contribution in [1.82, 2.24) is 4.90 Å². The maximum atomic E-state index is 12.2. The maximum Gasteiger partial charge on any atom is 0.263 e. The second kappa shape index (κ2) is 7.96. The fourth-order valence-electron chi connectivity index (χ4n) is 1.75. The second-order valence-corrected chi connectivity index (χ2v) is 7.70. The quantitative estimate of drug-likeness (QED) is 0.612. The first kappa shape index (κ1) is 16.5. The van der Waals surface area contributed by atoms with Gasteiger partial charge in [-0.05, 0) is 56.5 Å². The first-order valence-corrected chi connectivity index (χ1v) is 8.86. The van der Waals surface area contributed by atoms with Crippen LogP contribution in [0.25, 0.3) is 0 Å². The fraction of sp³-hybridized carbons (Fsp3) is 0.267. The zero-order chi connectivity index (χ0) is 15.2. The monoisotopic (exact) mass is 431 g/mol. The van der Waals surface area contributed by atoms with Crippen molar-refractivity contribution in [1.29, 1.82) is 0 Å². The van der Waals surface area contributed by atoms with E-state index >= 15 is 0 Å². The standard InChI is InChI=1S/C15H15Br2NO2S/c1-18(15(19)13-10-12(16)14(17)21-13)8-5-9-20-11-6-3-2-4-7-11/h2-4,6-7,10H,5,8-9H2,1H3. The predicted octanol–water partition coefficient (Wildman–Crippen LogP) is 4.81. The Morgan fingerprint density at radius 2 is 2.00 bits per heavy atom. The van der Waals surface area contributed by atoms with Gasteiger partial charge in [0, 0.05) is 18.1 Å². The normalized spacial score (nSPS) is 10.4. The van der Waals surface area contributed by atoms with Crippen LogP contribution in [0.3, 0.4) is 0 Å². The van der Waals surface area contributed by atoms with Crippen LogP contribution in [0.2, 0.25) is 0 Å². The molecular formula is C15H15Br2NO2S. The van der Waals surface area contributed by atoms with Gasteiger partial charge in [0.25, 0.3) is 5.91 Å². The topological polar surface area (TPSA) is 29.5 Å². The van der Waals surface area contributed by atoms with Gasteiger partial charge in [0.2, 0.25) is 0 Å². The molecule has 21 heavy (non-hydrogen) atoms. The lowest BCUT2D eigenvalue weighted by Crippen LogP contribution is -2.28. The zero-order valence-corrected chi connectivity index (χ0v) is 15.5. The molecule has 0 saturated carbocycles. The summed E-state index contributed by atoms with van der Waals surface area (Å²) in [6.45, 7) is 1.26. The molecule has 0 fully saturated rings. The van der Waals surface area contributed by atoms with E-state index in [4.69, 9.17) is 4.74 Å². The van der Waals surface area contributed by atoms with Crippen LogP contribution in [0.15, 0.2) is 44.7 Å². The summed E-state index contributed by atoms with van der Waals surface area (Å²) in [5, 5.41) is 0. The average Bonchev–Trinajstić information content (AvgIpc) is 2.83. The van der Waals surface area contributed by atoms with Gasteiger partial charge in [0.05, 0.1) is 15.3 Å². The summed E-state index contributed by atoms with van der Waals surface area (Å²) in [5.41, 5.74) is 0. The highest BCUT2D eigenvalue weighted by molar-refractivity contribution is 9.13. The molecule has 0 aliphatic carbocycles. The van der Waals surface area contributed by atoms with Crippen LogP contribution in [-0.4, -0.2) is 31.0 Å². The Bertz CT molecular complexity index is 581. The molecule has 0 atom stereocenters. The number of carbonyl (C=O) groups is 1. The summed E-state index contributed by atoms with van der Waals surface area (Å²) in [6.07, 6.45) is 0.796. The summed E-state index contributed by atoms with van der Waals surface area (Å²) in [6, 6.07) is 11.5. The molecule has 0 unspecified atom stereocenters. The minimum atomic E-state index is 0.0334. The van der Waals surface area contributed by atoms with E-state index in [0.29, 0.717) is 13.2 Å². The van der Waals surface area contributed by atoms with Gasteiger partial charge < -0.3 is 9.64 Å². The minimum Gasteiger partial charge on any atom is -0.494 e. The molecule has 2 rings (SSSR count). The number of hydrogen-bond acceptors (Lipinski definition) is 3. The number of hydrogen-bond donors (Lipinski definition) is 0. The third-order valence-electron chi connectivity index (χ3n) is 2.85. The van der Waals surface area contributed by atoms with Crippen molar-refractivity contribution in [3.05, 3.63) is 49.5 Å². The van der Waals surface area contributed by atoms with Gasteiger partial charge in [-0.25, -0.2) is 0 Å². The molecule has 1 aromatic heterocycles. The van der Waals surface area contributed by atoms with Gasteiger partial charge in [-0.15, -0.1) is 11.3 Å². The summed E-state index contributed by atoms with van der Waals surface area (Å²) in [4.78, 5) is 14.7. The van der Waals surface area contributed by atoms with Crippen LogP contribution < -0.4 is 4.74 Å². The van der Waals surface area contributed by atoms with E-state index in [2.05, 4.69) is 31.9 Å². The van der Waals surface area contributed by atoms with E-state index in [-0.39, 0.29) is 5.91 Å². The second-order valence-electron chi connectivity index (χ2n) is 4.47. The van der Waals surface area contributed by atoms with Crippen LogP contribution in [0.1, 0.15) is 16.1 Å². The third-order valence-corrected chi connectivity index (χ3v) is 6.10. The van der Waals surface area contributed by atoms with Crippen molar-refractivity contribution in [2.45, 2.75) is 6.42 Å². The molecule has 0 saturated heterocycles. The molecule has 112 valence electrons. The Balaban J connectivity index is 1.76. The first-order valence-electron chi connectivity index (χ1n) is 6.46. The zero-order valence-electron chi connectivity index (χ0n) is 11.5. The predicted molar refractivity (Wildman–Crippen MR) is 93.2 cm³/mol. The lowest BCUT2D eigenvalue weighted by Gasteiger charge is -2.16. The minimum absolute atomic E-state index is 0.0334. The SMILES string of the molecule is CN(CCCOc1ccccc1)C(=O)c1cc(Br)c(Br)s1. The molecular weight excluding hydrogens is 418 g/mol. The number of carbonyl (C=O) groups excluding carboxylic acids is 1. The van der Waals surface area contributed by atoms with Crippen molar-refractivity contribution in [2.24, 2.45) is 0 Å². The molecule has 0 radical (unpaired) electrons. The maximum absolute atomic E-state index is 12.2. The van der Waals surface area contributed by atoms with Crippen molar-refractivity contribution >= 4 is 49.1 Å². The van der Waals surface area contributed by atoms with Gasteiger partial charge in [0.15, 0.2) is 0 Å². The highest BCUT2D eigenvalue weighted by Gasteiger charge is 2.15. The molecule has 0 aliphatic heterocycles. The van der Waals surface area contributed by atoms with Gasteiger partial charge in [-0.1, -0.05) is 18.2 Å². The van der Waals surface area contributed by atoms with E-state index in [9.17, 15) is 4.79 Å². The van der Waals surface area contributed by atoms with Crippen LogP contribution in [0.5, 0.6) is 5.75 Å². The molecule has 1 amide bonds. The number of amides is 1.